The van der Waals surface area contributed by atoms with E-state index in [9.17, 15) is 24.2 Å². The lowest BCUT2D eigenvalue weighted by Gasteiger charge is -2.16. The van der Waals surface area contributed by atoms with E-state index < -0.39 is 17.7 Å². The lowest BCUT2D eigenvalue weighted by Crippen LogP contribution is -2.20. The molecule has 3 aromatic heterocycles. The van der Waals surface area contributed by atoms with Gasteiger partial charge in [-0.2, -0.15) is 0 Å². The summed E-state index contributed by atoms with van der Waals surface area (Å²) in [6, 6.07) is 5.76. The maximum absolute atomic E-state index is 13.8. The van der Waals surface area contributed by atoms with Crippen LogP contribution in [0.15, 0.2) is 46.2 Å². The summed E-state index contributed by atoms with van der Waals surface area (Å²) in [5, 5.41) is 19.5. The van der Waals surface area contributed by atoms with Crippen LogP contribution in [0.1, 0.15) is 23.1 Å². The van der Waals surface area contributed by atoms with Crippen LogP contribution >= 0.6 is 0 Å². The van der Waals surface area contributed by atoms with Gasteiger partial charge in [-0.1, -0.05) is 0 Å². The van der Waals surface area contributed by atoms with E-state index >= 15 is 0 Å². The highest BCUT2D eigenvalue weighted by molar-refractivity contribution is 5.96. The molecule has 0 radical (unpaired) electrons. The maximum atomic E-state index is 13.8. The zero-order valence-electron chi connectivity index (χ0n) is 17.9. The fraction of sp³-hybridized carbons (Fsp3) is 0.217. The lowest BCUT2D eigenvalue weighted by molar-refractivity contribution is -0.0453. The number of aromatic nitrogens is 3. The molecule has 4 rings (SSSR count). The third-order valence-electron chi connectivity index (χ3n) is 5.41. The first-order valence-electron chi connectivity index (χ1n) is 9.81. The van der Waals surface area contributed by atoms with E-state index in [1.165, 1.54) is 27.3 Å². The fourth-order valence-electron chi connectivity index (χ4n) is 3.78. The zero-order chi connectivity index (χ0) is 23.3. The molecule has 8 nitrogen and oxygen atoms in total. The third-order valence-corrected chi connectivity index (χ3v) is 5.41. The molecule has 0 aliphatic rings. The molecule has 3 N–H and O–H groups in total. The number of H-pyrrole nitrogens is 1. The predicted octanol–water partition coefficient (Wildman–Crippen LogP) is 2.76. The van der Waals surface area contributed by atoms with Crippen molar-refractivity contribution in [3.63, 3.8) is 0 Å². The van der Waals surface area contributed by atoms with Crippen LogP contribution in [0.4, 0.5) is 4.39 Å². The Bertz CT molecular complexity index is 1460. The van der Waals surface area contributed by atoms with Crippen molar-refractivity contribution in [2.45, 2.75) is 20.1 Å². The average molecular weight is 439 g/mol. The van der Waals surface area contributed by atoms with Crippen molar-refractivity contribution < 1.29 is 19.3 Å². The van der Waals surface area contributed by atoms with Crippen LogP contribution in [0.3, 0.4) is 0 Å². The number of ether oxygens (including phenoxy) is 1. The van der Waals surface area contributed by atoms with Gasteiger partial charge in [0, 0.05) is 43.0 Å². The molecule has 32 heavy (non-hydrogen) atoms. The quantitative estimate of drug-likeness (QED) is 0.424. The summed E-state index contributed by atoms with van der Waals surface area (Å²) >= 11 is 0. The molecule has 3 heterocycles. The van der Waals surface area contributed by atoms with Gasteiger partial charge in [0.1, 0.15) is 17.1 Å². The normalized spacial score (nSPS) is 11.5. The Morgan fingerprint density at radius 1 is 0.969 bits per heavy atom. The molecule has 0 spiro atoms. The topological polar surface area (TPSA) is 109 Å². The minimum absolute atomic E-state index is 0.0000501. The summed E-state index contributed by atoms with van der Waals surface area (Å²) < 4.78 is 22.5. The number of aryl methyl sites for hydroxylation is 4. The van der Waals surface area contributed by atoms with Crippen molar-refractivity contribution in [1.82, 2.24) is 14.1 Å². The number of halogens is 1. The van der Waals surface area contributed by atoms with E-state index in [1.54, 1.807) is 46.4 Å². The van der Waals surface area contributed by atoms with Gasteiger partial charge in [0.15, 0.2) is 12.0 Å². The van der Waals surface area contributed by atoms with Crippen molar-refractivity contribution >= 4 is 10.9 Å². The van der Waals surface area contributed by atoms with Crippen molar-refractivity contribution in [2.75, 3.05) is 0 Å². The molecule has 0 fully saturated rings. The highest BCUT2D eigenvalue weighted by Gasteiger charge is 2.21. The SMILES string of the molecule is Cc1cc(F)cc(C)c1Oc1c(-c2cn(C)c(=O)c3[nH]c(C(O)O)cc23)ccn(C)c1=O. The number of hydrogen-bond acceptors (Lipinski definition) is 5. The number of pyridine rings is 2. The van der Waals surface area contributed by atoms with E-state index in [0.717, 1.165) is 0 Å². The van der Waals surface area contributed by atoms with Gasteiger partial charge in [-0.05, 0) is 49.2 Å². The Hall–Kier alpha value is -3.69. The molecule has 4 aromatic rings. The van der Waals surface area contributed by atoms with Crippen LogP contribution < -0.4 is 15.9 Å². The van der Waals surface area contributed by atoms with Crippen molar-refractivity contribution in [1.29, 1.82) is 0 Å². The molecule has 0 unspecified atom stereocenters. The van der Waals surface area contributed by atoms with Gasteiger partial charge < -0.3 is 29.1 Å². The summed E-state index contributed by atoms with van der Waals surface area (Å²) in [5.74, 6) is -0.0478. The second-order valence-corrected chi connectivity index (χ2v) is 7.79. The number of fused-ring (bicyclic) bond motifs is 1. The Kier molecular flexibility index (Phi) is 5.23. The maximum Gasteiger partial charge on any atom is 0.293 e. The van der Waals surface area contributed by atoms with Crippen molar-refractivity contribution in [3.8, 4) is 22.6 Å². The number of aromatic amines is 1. The molecular formula is C23H22FN3O5. The summed E-state index contributed by atoms with van der Waals surface area (Å²) in [7, 11) is 3.13. The van der Waals surface area contributed by atoms with E-state index in [0.29, 0.717) is 33.4 Å². The highest BCUT2D eigenvalue weighted by Crippen LogP contribution is 2.37. The Morgan fingerprint density at radius 2 is 1.62 bits per heavy atom. The van der Waals surface area contributed by atoms with Gasteiger partial charge >= 0.3 is 0 Å². The number of hydrogen-bond donors (Lipinski definition) is 3. The molecular weight excluding hydrogens is 417 g/mol. The van der Waals surface area contributed by atoms with Gasteiger partial charge in [0.2, 0.25) is 0 Å². The molecule has 9 heteroatoms. The van der Waals surface area contributed by atoms with Gasteiger partial charge in [-0.25, -0.2) is 4.39 Å². The fourth-order valence-corrected chi connectivity index (χ4v) is 3.78. The van der Waals surface area contributed by atoms with Crippen molar-refractivity contribution in [2.24, 2.45) is 14.1 Å². The number of rotatable bonds is 4. The molecule has 0 saturated heterocycles. The van der Waals surface area contributed by atoms with E-state index in [-0.39, 0.29) is 22.5 Å². The highest BCUT2D eigenvalue weighted by atomic mass is 19.1. The minimum atomic E-state index is -1.80. The largest absolute Gasteiger partial charge is 0.450 e. The van der Waals surface area contributed by atoms with Crippen LogP contribution in [0.25, 0.3) is 22.0 Å². The Labute approximate surface area is 181 Å². The van der Waals surface area contributed by atoms with Gasteiger partial charge in [-0.3, -0.25) is 9.59 Å². The van der Waals surface area contributed by atoms with Crippen LogP contribution in [0.2, 0.25) is 0 Å². The standard InChI is InChI=1S/C23H22FN3O5/c1-11-7-13(24)8-12(2)19(11)32-20-14(5-6-26(3)22(20)29)16-10-27(4)21(28)18-15(16)9-17(25-18)23(30)31/h5-10,23,25,30-31H,1-4H3. The summed E-state index contributed by atoms with van der Waals surface area (Å²) in [5.41, 5.74) is 1.34. The lowest BCUT2D eigenvalue weighted by atomic mass is 10.0. The predicted molar refractivity (Wildman–Crippen MR) is 117 cm³/mol. The van der Waals surface area contributed by atoms with Crippen LogP contribution in [-0.4, -0.2) is 24.3 Å². The first-order chi connectivity index (χ1) is 15.1. The Balaban J connectivity index is 2.02. The first-order valence-corrected chi connectivity index (χ1v) is 9.81. The van der Waals surface area contributed by atoms with E-state index in [2.05, 4.69) is 4.98 Å². The smallest absolute Gasteiger partial charge is 0.293 e. The molecule has 0 atom stereocenters. The van der Waals surface area contributed by atoms with Gasteiger partial charge in [0.05, 0.1) is 5.69 Å². The Morgan fingerprint density at radius 3 is 2.25 bits per heavy atom. The molecule has 0 aliphatic carbocycles. The molecule has 0 bridgehead atoms. The van der Waals surface area contributed by atoms with E-state index in [1.807, 2.05) is 0 Å². The van der Waals surface area contributed by atoms with Crippen LogP contribution in [0.5, 0.6) is 11.5 Å². The van der Waals surface area contributed by atoms with Crippen molar-refractivity contribution in [3.05, 3.63) is 80.0 Å². The van der Waals surface area contributed by atoms with Gasteiger partial charge in [-0.15, -0.1) is 0 Å². The second kappa shape index (κ2) is 7.77. The number of nitrogens with zero attached hydrogens (tertiary/aromatic N) is 2. The monoisotopic (exact) mass is 439 g/mol. The number of aliphatic hydroxyl groups excluding tert-OH is 1. The summed E-state index contributed by atoms with van der Waals surface area (Å²) in [6.07, 6.45) is 1.32. The van der Waals surface area contributed by atoms with Crippen LogP contribution in [-0.2, 0) is 14.1 Å². The van der Waals surface area contributed by atoms with E-state index in [4.69, 9.17) is 4.74 Å². The third kappa shape index (κ3) is 3.51. The number of nitrogens with one attached hydrogen (secondary N) is 1. The van der Waals surface area contributed by atoms with Crippen LogP contribution in [0, 0.1) is 19.7 Å². The van der Waals surface area contributed by atoms with Gasteiger partial charge in [0.25, 0.3) is 11.1 Å². The second-order valence-electron chi connectivity index (χ2n) is 7.79. The summed E-state index contributed by atoms with van der Waals surface area (Å²) in [6.45, 7) is 3.37. The first kappa shape index (κ1) is 21.5. The average Bonchev–Trinajstić information content (AvgIpc) is 3.17. The number of benzene rings is 1. The molecule has 1 aromatic carbocycles. The minimum Gasteiger partial charge on any atom is -0.450 e. The molecule has 166 valence electrons. The molecule has 0 aliphatic heterocycles. The summed E-state index contributed by atoms with van der Waals surface area (Å²) in [4.78, 5) is 28.4. The molecule has 0 amide bonds. The molecule has 0 saturated carbocycles. The number of aliphatic hydroxyl groups is 2. The zero-order valence-corrected chi connectivity index (χ0v) is 17.9.